The Morgan fingerprint density at radius 2 is 2.10 bits per heavy atom. The van der Waals surface area contributed by atoms with Crippen molar-refractivity contribution in [1.29, 1.82) is 0 Å². The second-order valence-corrected chi connectivity index (χ2v) is 6.44. The summed E-state index contributed by atoms with van der Waals surface area (Å²) in [6.45, 7) is 3.44. The highest BCUT2D eigenvalue weighted by Gasteiger charge is 2.24. The van der Waals surface area contributed by atoms with Crippen LogP contribution < -0.4 is 5.73 Å². The van der Waals surface area contributed by atoms with Crippen LogP contribution in [0, 0.1) is 11.8 Å². The van der Waals surface area contributed by atoms with Crippen LogP contribution in [0.3, 0.4) is 0 Å². The molecule has 1 saturated carbocycles. The topological polar surface area (TPSA) is 43.8 Å². The fraction of sp³-hybridized carbons (Fsp3) is 0.500. The summed E-state index contributed by atoms with van der Waals surface area (Å²) in [6, 6.07) is 10.5. The number of nitrogens with zero attached hydrogens (tertiary/aromatic N) is 2. The number of benzene rings is 1. The van der Waals surface area contributed by atoms with Gasteiger partial charge in [0.25, 0.3) is 0 Å². The SMILES string of the molecule is CC1CCCC1Cn1cncc1[C@H](N)Cc1ccccc1. The van der Waals surface area contributed by atoms with Gasteiger partial charge in [0.05, 0.1) is 18.1 Å². The Kier molecular flexibility index (Phi) is 4.39. The van der Waals surface area contributed by atoms with E-state index in [2.05, 4.69) is 40.7 Å². The van der Waals surface area contributed by atoms with Crippen LogP contribution in [0.1, 0.15) is 43.5 Å². The summed E-state index contributed by atoms with van der Waals surface area (Å²) in [5, 5.41) is 0. The van der Waals surface area contributed by atoms with Gasteiger partial charge >= 0.3 is 0 Å². The number of rotatable bonds is 5. The van der Waals surface area contributed by atoms with Crippen LogP contribution >= 0.6 is 0 Å². The van der Waals surface area contributed by atoms with E-state index in [1.165, 1.54) is 24.8 Å². The smallest absolute Gasteiger partial charge is 0.0948 e. The Morgan fingerprint density at radius 3 is 2.81 bits per heavy atom. The minimum absolute atomic E-state index is 0.0200. The minimum atomic E-state index is 0.0200. The minimum Gasteiger partial charge on any atom is -0.333 e. The molecule has 3 nitrogen and oxygen atoms in total. The van der Waals surface area contributed by atoms with Gasteiger partial charge in [-0.05, 0) is 30.2 Å². The summed E-state index contributed by atoms with van der Waals surface area (Å²) in [6.07, 6.45) is 8.83. The van der Waals surface area contributed by atoms with E-state index < -0.39 is 0 Å². The lowest BCUT2D eigenvalue weighted by atomic mass is 9.97. The van der Waals surface area contributed by atoms with E-state index in [0.29, 0.717) is 0 Å². The van der Waals surface area contributed by atoms with E-state index in [9.17, 15) is 0 Å². The van der Waals surface area contributed by atoms with Gasteiger partial charge in [0.2, 0.25) is 0 Å². The largest absolute Gasteiger partial charge is 0.333 e. The first-order valence-electron chi connectivity index (χ1n) is 8.03. The van der Waals surface area contributed by atoms with E-state index in [1.54, 1.807) is 0 Å². The fourth-order valence-corrected chi connectivity index (χ4v) is 3.51. The molecule has 1 aliphatic rings. The van der Waals surface area contributed by atoms with E-state index >= 15 is 0 Å². The molecule has 0 spiro atoms. The van der Waals surface area contributed by atoms with Gasteiger partial charge in [0.15, 0.2) is 0 Å². The van der Waals surface area contributed by atoms with Gasteiger partial charge in [-0.25, -0.2) is 4.98 Å². The van der Waals surface area contributed by atoms with Crippen molar-refractivity contribution in [1.82, 2.24) is 9.55 Å². The van der Waals surface area contributed by atoms with Gasteiger partial charge < -0.3 is 10.3 Å². The third-order valence-corrected chi connectivity index (χ3v) is 4.89. The van der Waals surface area contributed by atoms with Gasteiger partial charge in [-0.1, -0.05) is 50.1 Å². The number of hydrogen-bond donors (Lipinski definition) is 1. The maximum absolute atomic E-state index is 6.42. The second kappa shape index (κ2) is 6.44. The van der Waals surface area contributed by atoms with Crippen molar-refractivity contribution in [3.8, 4) is 0 Å². The average Bonchev–Trinajstić information content (AvgIpc) is 3.10. The molecule has 0 aliphatic heterocycles. The fourth-order valence-electron chi connectivity index (χ4n) is 3.51. The van der Waals surface area contributed by atoms with Gasteiger partial charge in [0.1, 0.15) is 0 Å². The lowest BCUT2D eigenvalue weighted by molar-refractivity contribution is 0.356. The van der Waals surface area contributed by atoms with Gasteiger partial charge in [-0.3, -0.25) is 0 Å². The van der Waals surface area contributed by atoms with Crippen molar-refractivity contribution in [3.63, 3.8) is 0 Å². The molecule has 0 bridgehead atoms. The van der Waals surface area contributed by atoms with E-state index in [4.69, 9.17) is 5.73 Å². The van der Waals surface area contributed by atoms with Gasteiger partial charge in [-0.2, -0.15) is 0 Å². The molecule has 1 aliphatic carbocycles. The number of imidazole rings is 1. The third-order valence-electron chi connectivity index (χ3n) is 4.89. The van der Waals surface area contributed by atoms with Crippen LogP contribution in [0.4, 0.5) is 0 Å². The molecule has 21 heavy (non-hydrogen) atoms. The molecule has 2 unspecified atom stereocenters. The molecule has 0 radical (unpaired) electrons. The van der Waals surface area contributed by atoms with E-state index in [0.717, 1.165) is 30.5 Å². The highest BCUT2D eigenvalue weighted by atomic mass is 15.1. The summed E-state index contributed by atoms with van der Waals surface area (Å²) in [7, 11) is 0. The Labute approximate surface area is 127 Å². The predicted molar refractivity (Wildman–Crippen MR) is 85.8 cm³/mol. The summed E-state index contributed by atoms with van der Waals surface area (Å²) < 4.78 is 2.28. The molecule has 2 aromatic rings. The normalized spacial score (nSPS) is 23.3. The molecule has 1 heterocycles. The number of aromatic nitrogens is 2. The first-order chi connectivity index (χ1) is 10.2. The Hall–Kier alpha value is -1.61. The summed E-state index contributed by atoms with van der Waals surface area (Å²) in [4.78, 5) is 4.33. The molecule has 1 aromatic heterocycles. The number of hydrogen-bond acceptors (Lipinski definition) is 2. The Morgan fingerprint density at radius 1 is 1.29 bits per heavy atom. The number of nitrogens with two attached hydrogens (primary N) is 1. The van der Waals surface area contributed by atoms with E-state index in [-0.39, 0.29) is 6.04 Å². The maximum Gasteiger partial charge on any atom is 0.0948 e. The quantitative estimate of drug-likeness (QED) is 0.911. The highest BCUT2D eigenvalue weighted by molar-refractivity contribution is 5.18. The van der Waals surface area contributed by atoms with Crippen LogP contribution in [0.15, 0.2) is 42.9 Å². The van der Waals surface area contributed by atoms with Gasteiger partial charge in [-0.15, -0.1) is 0 Å². The lowest BCUT2D eigenvalue weighted by Gasteiger charge is -2.20. The van der Waals surface area contributed by atoms with Crippen LogP contribution in [-0.4, -0.2) is 9.55 Å². The van der Waals surface area contributed by atoms with E-state index in [1.807, 2.05) is 18.6 Å². The second-order valence-electron chi connectivity index (χ2n) is 6.44. The lowest BCUT2D eigenvalue weighted by Crippen LogP contribution is -2.21. The molecule has 3 rings (SSSR count). The van der Waals surface area contributed by atoms with Crippen LogP contribution in [-0.2, 0) is 13.0 Å². The molecule has 1 fully saturated rings. The van der Waals surface area contributed by atoms with Crippen molar-refractivity contribution < 1.29 is 0 Å². The van der Waals surface area contributed by atoms with Crippen molar-refractivity contribution in [3.05, 3.63) is 54.1 Å². The molecule has 3 atom stereocenters. The molecule has 1 aromatic carbocycles. The Balaban J connectivity index is 1.69. The molecule has 0 amide bonds. The zero-order chi connectivity index (χ0) is 14.7. The van der Waals surface area contributed by atoms with Crippen LogP contribution in [0.5, 0.6) is 0 Å². The molecular weight excluding hydrogens is 258 g/mol. The maximum atomic E-state index is 6.42. The molecule has 2 N–H and O–H groups in total. The summed E-state index contributed by atoms with van der Waals surface area (Å²) in [5.41, 5.74) is 8.87. The third kappa shape index (κ3) is 3.35. The first-order valence-corrected chi connectivity index (χ1v) is 8.03. The standard InChI is InChI=1S/C18H25N3/c1-14-6-5-9-16(14)12-21-13-20-11-18(21)17(19)10-15-7-3-2-4-8-15/h2-4,7-8,11,13-14,16-17H,5-6,9-10,12,19H2,1H3/t14?,16?,17-/m1/s1. The van der Waals surface area contributed by atoms with Crippen molar-refractivity contribution >= 4 is 0 Å². The Bertz CT molecular complexity index is 561. The zero-order valence-electron chi connectivity index (χ0n) is 12.8. The summed E-state index contributed by atoms with van der Waals surface area (Å²) >= 11 is 0. The van der Waals surface area contributed by atoms with Gasteiger partial charge in [0, 0.05) is 12.7 Å². The van der Waals surface area contributed by atoms with Crippen molar-refractivity contribution in [2.75, 3.05) is 0 Å². The zero-order valence-corrected chi connectivity index (χ0v) is 12.8. The average molecular weight is 283 g/mol. The molecule has 3 heteroatoms. The van der Waals surface area contributed by atoms with Crippen LogP contribution in [0.25, 0.3) is 0 Å². The van der Waals surface area contributed by atoms with Crippen molar-refractivity contribution in [2.24, 2.45) is 17.6 Å². The first kappa shape index (κ1) is 14.3. The highest BCUT2D eigenvalue weighted by Crippen LogP contribution is 2.33. The molecule has 0 saturated heterocycles. The molecule has 112 valence electrons. The molecular formula is C18H25N3. The summed E-state index contributed by atoms with van der Waals surface area (Å²) in [5.74, 6) is 1.60. The monoisotopic (exact) mass is 283 g/mol. The van der Waals surface area contributed by atoms with Crippen LogP contribution in [0.2, 0.25) is 0 Å². The predicted octanol–water partition coefficient (Wildman–Crippen LogP) is 3.56. The van der Waals surface area contributed by atoms with Crippen molar-refractivity contribution in [2.45, 2.75) is 45.2 Å².